The Balaban J connectivity index is 0.964. The van der Waals surface area contributed by atoms with E-state index in [1.807, 2.05) is 115 Å². The molecule has 9 aromatic rings. The van der Waals surface area contributed by atoms with Crippen molar-refractivity contribution < 1.29 is 23.7 Å². The van der Waals surface area contributed by atoms with Gasteiger partial charge in [-0.2, -0.15) is 0 Å². The van der Waals surface area contributed by atoms with Crippen molar-refractivity contribution in [2.45, 2.75) is 0 Å². The zero-order chi connectivity index (χ0) is 40.7. The molecule has 0 N–H and O–H groups in total. The smallest absolute Gasteiger partial charge is 0.260 e. The van der Waals surface area contributed by atoms with Gasteiger partial charge >= 0.3 is 0 Å². The van der Waals surface area contributed by atoms with E-state index in [9.17, 15) is 0 Å². The number of ether oxygens (including phenoxy) is 5. The van der Waals surface area contributed by atoms with Crippen LogP contribution in [0.2, 0.25) is 0 Å². The number of nitrogens with zero attached hydrogens (tertiary/aromatic N) is 2. The third kappa shape index (κ3) is 5.47. The number of hydrogen-bond acceptors (Lipinski definition) is 7. The molecule has 0 saturated carbocycles. The lowest BCUT2D eigenvalue weighted by Gasteiger charge is -2.37. The molecule has 0 aromatic heterocycles. The van der Waals surface area contributed by atoms with Gasteiger partial charge in [0.05, 0.1) is 34.1 Å². The Hall–Kier alpha value is -8.36. The van der Waals surface area contributed by atoms with Gasteiger partial charge in [-0.05, 0) is 94.8 Å². The first-order valence-electron chi connectivity index (χ1n) is 20.7. The van der Waals surface area contributed by atoms with Gasteiger partial charge in [0.25, 0.3) is 6.71 Å². The SMILES string of the molecule is c1ccc(-c2cccc(Oc3ccc4c(c3)Oc3cc(N5c6ccccc6Oc6ccccc65)cc5c3B4c3ccc(N4c6ccccc6Oc6ccccc64)cc3O5)c2)cc1. The van der Waals surface area contributed by atoms with Crippen LogP contribution in [0.3, 0.4) is 0 Å². The van der Waals surface area contributed by atoms with E-state index in [0.717, 1.165) is 108 Å². The molecule has 0 atom stereocenters. The highest BCUT2D eigenvalue weighted by molar-refractivity contribution is 6.98. The Morgan fingerprint density at radius 2 is 0.774 bits per heavy atom. The van der Waals surface area contributed by atoms with Gasteiger partial charge in [-0.25, -0.2) is 0 Å². The summed E-state index contributed by atoms with van der Waals surface area (Å²) in [4.78, 5) is 4.46. The van der Waals surface area contributed by atoms with Crippen LogP contribution >= 0.6 is 0 Å². The molecule has 0 unspecified atom stereocenters. The summed E-state index contributed by atoms with van der Waals surface area (Å²) < 4.78 is 33.4. The van der Waals surface area contributed by atoms with Crippen LogP contribution in [0.1, 0.15) is 0 Å². The van der Waals surface area contributed by atoms with E-state index in [1.54, 1.807) is 0 Å². The lowest BCUT2D eigenvalue weighted by Crippen LogP contribution is -2.57. The number of para-hydroxylation sites is 8. The first-order valence-corrected chi connectivity index (χ1v) is 20.7. The highest BCUT2D eigenvalue weighted by Gasteiger charge is 2.42. The van der Waals surface area contributed by atoms with Gasteiger partial charge in [0.15, 0.2) is 23.0 Å². The zero-order valence-corrected chi connectivity index (χ0v) is 33.1. The molecule has 0 amide bonds. The van der Waals surface area contributed by atoms with E-state index < -0.39 is 0 Å². The third-order valence-corrected chi connectivity index (χ3v) is 12.0. The molecular formula is C54H33BN2O5. The maximum Gasteiger partial charge on any atom is 0.260 e. The van der Waals surface area contributed by atoms with Gasteiger partial charge in [-0.15, -0.1) is 0 Å². The Morgan fingerprint density at radius 3 is 1.37 bits per heavy atom. The number of benzene rings is 9. The molecule has 13 rings (SSSR count). The summed E-state index contributed by atoms with van der Waals surface area (Å²) in [5.41, 5.74) is 10.8. The molecule has 4 heterocycles. The van der Waals surface area contributed by atoms with E-state index in [2.05, 4.69) is 94.7 Å². The molecule has 4 aliphatic rings. The fourth-order valence-corrected chi connectivity index (χ4v) is 9.25. The molecule has 0 bridgehead atoms. The van der Waals surface area contributed by atoms with Crippen LogP contribution in [0.25, 0.3) is 11.1 Å². The quantitative estimate of drug-likeness (QED) is 0.161. The second-order valence-electron chi connectivity index (χ2n) is 15.7. The average Bonchev–Trinajstić information content (AvgIpc) is 3.32. The summed E-state index contributed by atoms with van der Waals surface area (Å²) in [6.45, 7) is -0.181. The predicted molar refractivity (Wildman–Crippen MR) is 246 cm³/mol. The van der Waals surface area contributed by atoms with Crippen LogP contribution in [0.15, 0.2) is 200 Å². The molecule has 292 valence electrons. The van der Waals surface area contributed by atoms with Crippen molar-refractivity contribution in [3.05, 3.63) is 200 Å². The van der Waals surface area contributed by atoms with Crippen LogP contribution in [0.4, 0.5) is 34.1 Å². The molecule has 9 aromatic carbocycles. The number of hydrogen-bond donors (Lipinski definition) is 0. The third-order valence-electron chi connectivity index (χ3n) is 12.0. The molecule has 0 saturated heterocycles. The van der Waals surface area contributed by atoms with E-state index in [1.165, 1.54) is 0 Å². The van der Waals surface area contributed by atoms with Gasteiger partial charge in [-0.3, -0.25) is 0 Å². The topological polar surface area (TPSA) is 52.6 Å². The molecule has 4 aliphatic heterocycles. The Kier molecular flexibility index (Phi) is 7.56. The Labute approximate surface area is 358 Å². The normalized spacial score (nSPS) is 13.3. The number of rotatable bonds is 5. The lowest BCUT2D eigenvalue weighted by molar-refractivity contribution is 0.454. The van der Waals surface area contributed by atoms with Crippen molar-refractivity contribution in [1.82, 2.24) is 0 Å². The fraction of sp³-hybridized carbons (Fsp3) is 0. The van der Waals surface area contributed by atoms with Gasteiger partial charge in [0.2, 0.25) is 0 Å². The highest BCUT2D eigenvalue weighted by Crippen LogP contribution is 2.53. The highest BCUT2D eigenvalue weighted by atomic mass is 16.5. The van der Waals surface area contributed by atoms with E-state index in [0.29, 0.717) is 11.5 Å². The summed E-state index contributed by atoms with van der Waals surface area (Å²) in [5.74, 6) is 7.45. The Bertz CT molecular complexity index is 3190. The van der Waals surface area contributed by atoms with Crippen molar-refractivity contribution in [2.24, 2.45) is 0 Å². The van der Waals surface area contributed by atoms with Crippen molar-refractivity contribution in [1.29, 1.82) is 0 Å². The standard InChI is InChI=1S/C54H33BN2O5/c1-2-13-34(14-3-1)35-15-12-16-38(29-35)58-39-26-28-41-51(33-39)62-53-32-37(57-44-19-6-10-23-48(44)60-49-24-11-7-20-45(49)57)31-52-54(53)55(41)40-27-25-36(30-50(40)61-52)56-42-17-4-8-21-46(42)59-47-22-9-5-18-43(47)56/h1-33H. The van der Waals surface area contributed by atoms with Crippen molar-refractivity contribution in [3.63, 3.8) is 0 Å². The van der Waals surface area contributed by atoms with Crippen LogP contribution in [0, 0.1) is 0 Å². The molecule has 62 heavy (non-hydrogen) atoms. The van der Waals surface area contributed by atoms with Gasteiger partial charge < -0.3 is 33.5 Å². The summed E-state index contributed by atoms with van der Waals surface area (Å²) in [7, 11) is 0. The first-order chi connectivity index (χ1) is 30.7. The lowest BCUT2D eigenvalue weighted by atomic mass is 9.35. The predicted octanol–water partition coefficient (Wildman–Crippen LogP) is 13.0. The zero-order valence-electron chi connectivity index (χ0n) is 33.1. The van der Waals surface area contributed by atoms with Crippen LogP contribution in [0.5, 0.6) is 57.5 Å². The van der Waals surface area contributed by atoms with Gasteiger partial charge in [-0.1, -0.05) is 103 Å². The summed E-state index contributed by atoms with van der Waals surface area (Å²) in [6, 6.07) is 67.9. The fourth-order valence-electron chi connectivity index (χ4n) is 9.25. The molecule has 0 spiro atoms. The first kappa shape index (κ1) is 34.5. The molecule has 0 aliphatic carbocycles. The van der Waals surface area contributed by atoms with E-state index in [-0.39, 0.29) is 6.71 Å². The molecule has 0 fully saturated rings. The number of fused-ring (bicyclic) bond motifs is 8. The molecule has 8 heteroatoms. The number of anilines is 6. The van der Waals surface area contributed by atoms with Crippen molar-refractivity contribution in [3.8, 4) is 68.6 Å². The minimum atomic E-state index is -0.181. The molecular weight excluding hydrogens is 767 g/mol. The monoisotopic (exact) mass is 800 g/mol. The van der Waals surface area contributed by atoms with Crippen LogP contribution in [-0.4, -0.2) is 6.71 Å². The second kappa shape index (κ2) is 13.6. The Morgan fingerprint density at radius 1 is 0.323 bits per heavy atom. The second-order valence-corrected chi connectivity index (χ2v) is 15.7. The summed E-state index contributed by atoms with van der Waals surface area (Å²) in [5, 5.41) is 0. The van der Waals surface area contributed by atoms with Crippen molar-refractivity contribution in [2.75, 3.05) is 9.80 Å². The van der Waals surface area contributed by atoms with Crippen molar-refractivity contribution >= 4 is 57.2 Å². The van der Waals surface area contributed by atoms with Gasteiger partial charge in [0, 0.05) is 29.7 Å². The van der Waals surface area contributed by atoms with E-state index in [4.69, 9.17) is 23.7 Å². The summed E-state index contributed by atoms with van der Waals surface area (Å²) in [6.07, 6.45) is 0. The molecule has 0 radical (unpaired) electrons. The maximum absolute atomic E-state index is 7.08. The minimum Gasteiger partial charge on any atom is -0.458 e. The van der Waals surface area contributed by atoms with Gasteiger partial charge in [0.1, 0.15) is 34.5 Å². The minimum absolute atomic E-state index is 0.181. The van der Waals surface area contributed by atoms with Crippen LogP contribution in [-0.2, 0) is 0 Å². The largest absolute Gasteiger partial charge is 0.458 e. The van der Waals surface area contributed by atoms with E-state index >= 15 is 0 Å². The molecule has 7 nitrogen and oxygen atoms in total. The average molecular weight is 801 g/mol. The maximum atomic E-state index is 7.08. The summed E-state index contributed by atoms with van der Waals surface area (Å²) >= 11 is 0. The van der Waals surface area contributed by atoms with Crippen LogP contribution < -0.4 is 49.9 Å².